The number of benzene rings is 2. The number of anilines is 1. The number of ether oxygens (including phenoxy) is 2. The van der Waals surface area contributed by atoms with E-state index in [1.165, 1.54) is 6.92 Å². The van der Waals surface area contributed by atoms with E-state index in [9.17, 15) is 4.79 Å². The van der Waals surface area contributed by atoms with E-state index in [0.29, 0.717) is 22.5 Å². The SMILES string of the molecule is CCCCSc1nnc2c(n1)O[C@@H](c1ccccc1OC)N(C(C)=O)c1c(C)cc(C)cc1-2. The summed E-state index contributed by atoms with van der Waals surface area (Å²) >= 11 is 1.55. The minimum absolute atomic E-state index is 0.155. The summed E-state index contributed by atoms with van der Waals surface area (Å²) in [5.41, 5.74) is 4.78. The molecule has 0 bridgehead atoms. The molecule has 2 aromatic carbocycles. The van der Waals surface area contributed by atoms with Crippen LogP contribution in [-0.2, 0) is 4.79 Å². The van der Waals surface area contributed by atoms with Crippen LogP contribution in [0.5, 0.6) is 11.6 Å². The Labute approximate surface area is 198 Å². The van der Waals surface area contributed by atoms with Gasteiger partial charge in [-0.15, -0.1) is 10.2 Å². The van der Waals surface area contributed by atoms with Gasteiger partial charge >= 0.3 is 0 Å². The topological polar surface area (TPSA) is 77.4 Å². The first-order valence-electron chi connectivity index (χ1n) is 11.0. The van der Waals surface area contributed by atoms with Crippen LogP contribution < -0.4 is 14.4 Å². The van der Waals surface area contributed by atoms with E-state index in [-0.39, 0.29) is 5.91 Å². The van der Waals surface area contributed by atoms with Gasteiger partial charge in [0.25, 0.3) is 0 Å². The fraction of sp³-hybridized carbons (Fsp3) is 0.360. The van der Waals surface area contributed by atoms with Gasteiger partial charge in [-0.1, -0.05) is 48.9 Å². The van der Waals surface area contributed by atoms with Crippen LogP contribution in [0.3, 0.4) is 0 Å². The smallest absolute Gasteiger partial charge is 0.247 e. The normalized spacial score (nSPS) is 14.7. The van der Waals surface area contributed by atoms with E-state index in [0.717, 1.165) is 46.5 Å². The van der Waals surface area contributed by atoms with Crippen molar-refractivity contribution in [2.75, 3.05) is 17.8 Å². The monoisotopic (exact) mass is 464 g/mol. The average Bonchev–Trinajstić information content (AvgIpc) is 2.94. The average molecular weight is 465 g/mol. The van der Waals surface area contributed by atoms with E-state index in [2.05, 4.69) is 23.2 Å². The second kappa shape index (κ2) is 9.79. The number of unbranched alkanes of at least 4 members (excludes halogenated alkanes) is 1. The number of rotatable bonds is 6. The van der Waals surface area contributed by atoms with Gasteiger partial charge in [0.15, 0.2) is 5.69 Å². The third kappa shape index (κ3) is 4.53. The summed E-state index contributed by atoms with van der Waals surface area (Å²) in [6.45, 7) is 7.69. The van der Waals surface area contributed by atoms with Gasteiger partial charge in [0.1, 0.15) is 5.75 Å². The lowest BCUT2D eigenvalue weighted by Crippen LogP contribution is -2.36. The fourth-order valence-corrected chi connectivity index (χ4v) is 4.91. The molecule has 0 spiro atoms. The molecule has 0 saturated carbocycles. The number of para-hydroxylation sites is 1. The standard InChI is InChI=1S/C25H28N4O3S/c1-6-7-12-33-25-26-23-21(27-28-25)19-14-15(2)13-16(3)22(19)29(17(4)30)24(32-23)18-10-8-9-11-20(18)31-5/h8-11,13-14,24H,6-7,12H2,1-5H3/t24-/m0/s1. The Morgan fingerprint density at radius 1 is 1.21 bits per heavy atom. The molecule has 1 atom stereocenters. The fourth-order valence-electron chi connectivity index (χ4n) is 4.05. The van der Waals surface area contributed by atoms with Crippen LogP contribution in [0.2, 0.25) is 0 Å². The number of fused-ring (bicyclic) bond motifs is 3. The Balaban J connectivity index is 1.95. The maximum atomic E-state index is 13.1. The van der Waals surface area contributed by atoms with Crippen LogP contribution in [0.15, 0.2) is 41.6 Å². The first-order valence-corrected chi connectivity index (χ1v) is 12.0. The summed E-state index contributed by atoms with van der Waals surface area (Å²) in [6.07, 6.45) is 1.39. The van der Waals surface area contributed by atoms with Gasteiger partial charge < -0.3 is 9.47 Å². The zero-order valence-electron chi connectivity index (χ0n) is 19.6. The zero-order valence-corrected chi connectivity index (χ0v) is 20.4. The van der Waals surface area contributed by atoms with Gasteiger partial charge in [0, 0.05) is 18.2 Å². The number of amides is 1. The summed E-state index contributed by atoms with van der Waals surface area (Å²) in [5, 5.41) is 9.44. The van der Waals surface area contributed by atoms with Crippen molar-refractivity contribution < 1.29 is 14.3 Å². The van der Waals surface area contributed by atoms with Gasteiger partial charge in [-0.3, -0.25) is 9.69 Å². The van der Waals surface area contributed by atoms with Crippen molar-refractivity contribution in [2.24, 2.45) is 0 Å². The number of methoxy groups -OCH3 is 1. The lowest BCUT2D eigenvalue weighted by atomic mass is 10.00. The highest BCUT2D eigenvalue weighted by Crippen LogP contribution is 2.46. The summed E-state index contributed by atoms with van der Waals surface area (Å²) in [7, 11) is 1.61. The first-order chi connectivity index (χ1) is 15.9. The maximum absolute atomic E-state index is 13.1. The molecule has 1 aromatic heterocycles. The van der Waals surface area contributed by atoms with Crippen molar-refractivity contribution in [1.29, 1.82) is 0 Å². The molecule has 0 radical (unpaired) electrons. The molecular formula is C25H28N4O3S. The zero-order chi connectivity index (χ0) is 23.5. The van der Waals surface area contributed by atoms with E-state index in [4.69, 9.17) is 14.5 Å². The highest BCUT2D eigenvalue weighted by atomic mass is 32.2. The molecule has 1 aliphatic rings. The second-order valence-electron chi connectivity index (χ2n) is 8.03. The summed E-state index contributed by atoms with van der Waals surface area (Å²) in [6, 6.07) is 11.6. The lowest BCUT2D eigenvalue weighted by Gasteiger charge is -2.31. The molecule has 33 heavy (non-hydrogen) atoms. The molecule has 4 rings (SSSR count). The Morgan fingerprint density at radius 3 is 2.73 bits per heavy atom. The first kappa shape index (κ1) is 23.0. The highest BCUT2D eigenvalue weighted by Gasteiger charge is 2.37. The Bertz CT molecular complexity index is 1180. The molecule has 0 fully saturated rings. The predicted octanol–water partition coefficient (Wildman–Crippen LogP) is 5.50. The van der Waals surface area contributed by atoms with E-state index in [1.54, 1.807) is 23.8 Å². The van der Waals surface area contributed by atoms with Crippen molar-refractivity contribution >= 4 is 23.4 Å². The number of aromatic nitrogens is 3. The van der Waals surface area contributed by atoms with Crippen LogP contribution in [0.1, 0.15) is 49.6 Å². The molecule has 2 heterocycles. The van der Waals surface area contributed by atoms with Gasteiger partial charge in [0.2, 0.25) is 23.2 Å². The Kier molecular flexibility index (Phi) is 6.83. The Hall–Kier alpha value is -3.13. The summed E-state index contributed by atoms with van der Waals surface area (Å²) in [4.78, 5) is 19.5. The minimum Gasteiger partial charge on any atom is -0.496 e. The van der Waals surface area contributed by atoms with Crippen LogP contribution in [0.4, 0.5) is 5.69 Å². The van der Waals surface area contributed by atoms with E-state index >= 15 is 0 Å². The molecule has 7 nitrogen and oxygen atoms in total. The minimum atomic E-state index is -0.773. The third-order valence-electron chi connectivity index (χ3n) is 5.51. The van der Waals surface area contributed by atoms with Crippen LogP contribution in [0, 0.1) is 13.8 Å². The third-order valence-corrected chi connectivity index (χ3v) is 6.43. The molecule has 3 aromatic rings. The van der Waals surface area contributed by atoms with Gasteiger partial charge in [-0.25, -0.2) is 0 Å². The van der Waals surface area contributed by atoms with Crippen LogP contribution >= 0.6 is 11.8 Å². The summed E-state index contributed by atoms with van der Waals surface area (Å²) < 4.78 is 12.1. The lowest BCUT2D eigenvalue weighted by molar-refractivity contribution is -0.118. The van der Waals surface area contributed by atoms with Crippen molar-refractivity contribution in [3.8, 4) is 22.9 Å². The molecule has 1 amide bonds. The number of thioether (sulfide) groups is 1. The molecule has 172 valence electrons. The van der Waals surface area contributed by atoms with Crippen molar-refractivity contribution in [3.63, 3.8) is 0 Å². The molecule has 0 aliphatic carbocycles. The quantitative estimate of drug-likeness (QED) is 0.352. The molecular weight excluding hydrogens is 436 g/mol. The van der Waals surface area contributed by atoms with Gasteiger partial charge in [0.05, 0.1) is 18.4 Å². The number of carbonyl (C=O) groups is 1. The number of hydrogen-bond acceptors (Lipinski definition) is 7. The number of nitrogens with zero attached hydrogens (tertiary/aromatic N) is 4. The Morgan fingerprint density at radius 2 is 2.00 bits per heavy atom. The molecule has 0 N–H and O–H groups in total. The summed E-state index contributed by atoms with van der Waals surface area (Å²) in [5.74, 6) is 1.73. The van der Waals surface area contributed by atoms with Crippen LogP contribution in [-0.4, -0.2) is 34.0 Å². The van der Waals surface area contributed by atoms with E-state index < -0.39 is 6.23 Å². The second-order valence-corrected chi connectivity index (χ2v) is 9.09. The number of hydrogen-bond donors (Lipinski definition) is 0. The number of aryl methyl sites for hydroxylation is 2. The largest absolute Gasteiger partial charge is 0.496 e. The molecule has 8 heteroatoms. The van der Waals surface area contributed by atoms with Crippen LogP contribution in [0.25, 0.3) is 11.3 Å². The van der Waals surface area contributed by atoms with Gasteiger partial charge in [-0.05, 0) is 44.0 Å². The highest BCUT2D eigenvalue weighted by molar-refractivity contribution is 7.99. The van der Waals surface area contributed by atoms with E-state index in [1.807, 2.05) is 44.2 Å². The molecule has 0 unspecified atom stereocenters. The molecule has 0 saturated heterocycles. The number of carbonyl (C=O) groups excluding carboxylic acids is 1. The van der Waals surface area contributed by atoms with Crippen molar-refractivity contribution in [1.82, 2.24) is 15.2 Å². The van der Waals surface area contributed by atoms with Crippen molar-refractivity contribution in [3.05, 3.63) is 53.1 Å². The van der Waals surface area contributed by atoms with Crippen molar-refractivity contribution in [2.45, 2.75) is 51.9 Å². The molecule has 1 aliphatic heterocycles. The predicted molar refractivity (Wildman–Crippen MR) is 130 cm³/mol. The van der Waals surface area contributed by atoms with Gasteiger partial charge in [-0.2, -0.15) is 4.98 Å². The maximum Gasteiger partial charge on any atom is 0.247 e.